The van der Waals surface area contributed by atoms with Crippen LogP contribution < -0.4 is 4.74 Å². The zero-order valence-electron chi connectivity index (χ0n) is 14.0. The van der Waals surface area contributed by atoms with Crippen molar-refractivity contribution in [3.8, 4) is 11.8 Å². The average molecular weight is 355 g/mol. The smallest absolute Gasteiger partial charge is 0.253 e. The number of rotatable bonds is 3. The number of likely N-dealkylation sites (tertiary alicyclic amines) is 1. The van der Waals surface area contributed by atoms with Crippen molar-refractivity contribution >= 4 is 17.5 Å². The van der Waals surface area contributed by atoms with E-state index in [1.807, 2.05) is 42.2 Å². The van der Waals surface area contributed by atoms with Gasteiger partial charge in [-0.25, -0.2) is 0 Å². The third kappa shape index (κ3) is 4.12. The maximum absolute atomic E-state index is 12.7. The first-order valence-corrected chi connectivity index (χ1v) is 8.67. The summed E-state index contributed by atoms with van der Waals surface area (Å²) in [6.45, 7) is 3.28. The van der Waals surface area contributed by atoms with Crippen molar-refractivity contribution in [1.82, 2.24) is 4.90 Å². The Kier molecular flexibility index (Phi) is 5.25. The normalized spacial score (nSPS) is 17.0. The van der Waals surface area contributed by atoms with Gasteiger partial charge in [0.25, 0.3) is 5.91 Å². The summed E-state index contributed by atoms with van der Waals surface area (Å²) < 4.78 is 5.98. The second-order valence-electron chi connectivity index (χ2n) is 6.25. The molecule has 3 rings (SSSR count). The average Bonchev–Trinajstić information content (AvgIpc) is 2.62. The number of hydrogen-bond donors (Lipinski definition) is 0. The van der Waals surface area contributed by atoms with Crippen LogP contribution in [0.25, 0.3) is 0 Å². The Morgan fingerprint density at radius 3 is 2.72 bits per heavy atom. The molecule has 0 aliphatic carbocycles. The highest BCUT2D eigenvalue weighted by atomic mass is 35.5. The Morgan fingerprint density at radius 1 is 1.28 bits per heavy atom. The predicted molar refractivity (Wildman–Crippen MR) is 96.9 cm³/mol. The molecule has 1 atom stereocenters. The van der Waals surface area contributed by atoms with E-state index in [9.17, 15) is 4.79 Å². The van der Waals surface area contributed by atoms with Gasteiger partial charge in [-0.3, -0.25) is 4.79 Å². The van der Waals surface area contributed by atoms with Gasteiger partial charge in [0.2, 0.25) is 0 Å². The molecule has 128 valence electrons. The molecular weight excluding hydrogens is 336 g/mol. The van der Waals surface area contributed by atoms with Crippen LogP contribution in [0.2, 0.25) is 5.02 Å². The molecular formula is C20H19ClN2O2. The summed E-state index contributed by atoms with van der Waals surface area (Å²) >= 11 is 6.05. The van der Waals surface area contributed by atoms with Crippen molar-refractivity contribution in [2.24, 2.45) is 0 Å². The van der Waals surface area contributed by atoms with E-state index in [1.165, 1.54) is 0 Å². The van der Waals surface area contributed by atoms with Gasteiger partial charge >= 0.3 is 0 Å². The monoisotopic (exact) mass is 354 g/mol. The molecule has 2 aromatic carbocycles. The van der Waals surface area contributed by atoms with E-state index >= 15 is 0 Å². The number of hydrogen-bond acceptors (Lipinski definition) is 3. The van der Waals surface area contributed by atoms with E-state index in [2.05, 4.69) is 0 Å². The molecule has 1 fully saturated rings. The Balaban J connectivity index is 1.67. The van der Waals surface area contributed by atoms with Crippen LogP contribution in [0.4, 0.5) is 0 Å². The maximum atomic E-state index is 12.7. The number of piperidine rings is 1. The fourth-order valence-electron chi connectivity index (χ4n) is 2.95. The number of carbonyl (C=O) groups excluding carboxylic acids is 1. The zero-order valence-corrected chi connectivity index (χ0v) is 14.8. The summed E-state index contributed by atoms with van der Waals surface area (Å²) in [7, 11) is 0. The molecule has 1 aliphatic heterocycles. The third-order valence-corrected chi connectivity index (χ3v) is 4.64. The second kappa shape index (κ2) is 7.58. The standard InChI is InChI=1S/C20H19ClN2O2/c1-14-4-6-15(7-5-14)20(24)23-10-2-3-18(13-23)25-17-9-8-16(12-22)19(21)11-17/h4-9,11,18H,2-3,10,13H2,1H3. The summed E-state index contributed by atoms with van der Waals surface area (Å²) in [6, 6.07) is 14.7. The number of amides is 1. The largest absolute Gasteiger partial charge is 0.489 e. The lowest BCUT2D eigenvalue weighted by atomic mass is 10.1. The van der Waals surface area contributed by atoms with Gasteiger partial charge in [0, 0.05) is 18.2 Å². The van der Waals surface area contributed by atoms with Crippen molar-refractivity contribution in [2.75, 3.05) is 13.1 Å². The van der Waals surface area contributed by atoms with Crippen molar-refractivity contribution in [2.45, 2.75) is 25.9 Å². The van der Waals surface area contributed by atoms with Crippen molar-refractivity contribution < 1.29 is 9.53 Å². The number of carbonyl (C=O) groups is 1. The predicted octanol–water partition coefficient (Wildman–Crippen LogP) is 4.20. The van der Waals surface area contributed by atoms with E-state index in [0.29, 0.717) is 28.4 Å². The lowest BCUT2D eigenvalue weighted by Crippen LogP contribution is -2.44. The van der Waals surface area contributed by atoms with Crippen molar-refractivity contribution in [1.29, 1.82) is 5.26 Å². The van der Waals surface area contributed by atoms with Gasteiger partial charge < -0.3 is 9.64 Å². The second-order valence-corrected chi connectivity index (χ2v) is 6.66. The van der Waals surface area contributed by atoms with E-state index in [4.69, 9.17) is 21.6 Å². The minimum atomic E-state index is -0.0767. The molecule has 5 heteroatoms. The number of aryl methyl sites for hydroxylation is 1. The Hall–Kier alpha value is -2.51. The van der Waals surface area contributed by atoms with Crippen LogP contribution >= 0.6 is 11.6 Å². The minimum absolute atomic E-state index is 0.0335. The van der Waals surface area contributed by atoms with Gasteiger partial charge in [0.15, 0.2) is 0 Å². The highest BCUT2D eigenvalue weighted by Crippen LogP contribution is 2.25. The van der Waals surface area contributed by atoms with Gasteiger partial charge in [-0.05, 0) is 44.0 Å². The third-order valence-electron chi connectivity index (χ3n) is 4.33. The molecule has 0 bridgehead atoms. The molecule has 0 aromatic heterocycles. The minimum Gasteiger partial charge on any atom is -0.489 e. The molecule has 1 unspecified atom stereocenters. The van der Waals surface area contributed by atoms with Gasteiger partial charge in [-0.1, -0.05) is 29.3 Å². The molecule has 0 spiro atoms. The molecule has 0 N–H and O–H groups in total. The van der Waals surface area contributed by atoms with Gasteiger partial charge in [-0.15, -0.1) is 0 Å². The number of nitrogens with zero attached hydrogens (tertiary/aromatic N) is 2. The summed E-state index contributed by atoms with van der Waals surface area (Å²) in [6.07, 6.45) is 1.70. The van der Waals surface area contributed by atoms with Crippen LogP contribution in [-0.4, -0.2) is 30.0 Å². The van der Waals surface area contributed by atoms with Gasteiger partial charge in [0.1, 0.15) is 17.9 Å². The van der Waals surface area contributed by atoms with E-state index < -0.39 is 0 Å². The van der Waals surface area contributed by atoms with Gasteiger partial charge in [-0.2, -0.15) is 5.26 Å². The zero-order chi connectivity index (χ0) is 17.8. The van der Waals surface area contributed by atoms with Gasteiger partial charge in [0.05, 0.1) is 17.1 Å². The van der Waals surface area contributed by atoms with E-state index in [0.717, 1.165) is 24.9 Å². The highest BCUT2D eigenvalue weighted by molar-refractivity contribution is 6.31. The number of nitriles is 1. The highest BCUT2D eigenvalue weighted by Gasteiger charge is 2.25. The fraction of sp³-hybridized carbons (Fsp3) is 0.300. The Morgan fingerprint density at radius 2 is 2.04 bits per heavy atom. The first-order valence-electron chi connectivity index (χ1n) is 8.29. The SMILES string of the molecule is Cc1ccc(C(=O)N2CCCC(Oc3ccc(C#N)c(Cl)c3)C2)cc1. The lowest BCUT2D eigenvalue weighted by Gasteiger charge is -2.33. The molecule has 0 saturated carbocycles. The summed E-state index contributed by atoms with van der Waals surface area (Å²) in [5, 5.41) is 9.31. The Bertz CT molecular complexity index is 811. The summed E-state index contributed by atoms with van der Waals surface area (Å²) in [5.41, 5.74) is 2.26. The number of ether oxygens (including phenoxy) is 1. The van der Waals surface area contributed by atoms with E-state index in [1.54, 1.807) is 18.2 Å². The molecule has 1 aliphatic rings. The van der Waals surface area contributed by atoms with Crippen LogP contribution in [0, 0.1) is 18.3 Å². The molecule has 1 amide bonds. The summed E-state index contributed by atoms with van der Waals surface area (Å²) in [5.74, 6) is 0.657. The molecule has 0 radical (unpaired) electrons. The quantitative estimate of drug-likeness (QED) is 0.829. The number of halogens is 1. The Labute approximate surface area is 152 Å². The van der Waals surface area contributed by atoms with Crippen molar-refractivity contribution in [3.05, 3.63) is 64.2 Å². The van der Waals surface area contributed by atoms with Crippen LogP contribution in [0.3, 0.4) is 0 Å². The van der Waals surface area contributed by atoms with Crippen LogP contribution in [0.1, 0.15) is 34.3 Å². The van der Waals surface area contributed by atoms with Crippen LogP contribution in [0.15, 0.2) is 42.5 Å². The summed E-state index contributed by atoms with van der Waals surface area (Å²) in [4.78, 5) is 14.5. The van der Waals surface area contributed by atoms with Crippen LogP contribution in [0.5, 0.6) is 5.75 Å². The molecule has 1 saturated heterocycles. The van der Waals surface area contributed by atoms with Crippen LogP contribution in [-0.2, 0) is 0 Å². The molecule has 25 heavy (non-hydrogen) atoms. The van der Waals surface area contributed by atoms with E-state index in [-0.39, 0.29) is 12.0 Å². The first kappa shape index (κ1) is 17.3. The fourth-order valence-corrected chi connectivity index (χ4v) is 3.16. The maximum Gasteiger partial charge on any atom is 0.253 e. The van der Waals surface area contributed by atoms with Crippen molar-refractivity contribution in [3.63, 3.8) is 0 Å². The molecule has 1 heterocycles. The lowest BCUT2D eigenvalue weighted by molar-refractivity contribution is 0.0538. The molecule has 4 nitrogen and oxygen atoms in total. The molecule has 2 aromatic rings. The first-order chi connectivity index (χ1) is 12.1. The topological polar surface area (TPSA) is 53.3 Å². The number of benzene rings is 2.